The molecule has 1 aromatic heterocycles. The average Bonchev–Trinajstić information content (AvgIpc) is 3.22. The molecule has 2 amide bonds. The van der Waals surface area contributed by atoms with Crippen molar-refractivity contribution in [3.8, 4) is 11.3 Å². The Bertz CT molecular complexity index is 769. The van der Waals surface area contributed by atoms with Crippen molar-refractivity contribution in [3.63, 3.8) is 0 Å². The van der Waals surface area contributed by atoms with Crippen molar-refractivity contribution in [1.29, 1.82) is 0 Å². The molecule has 0 bridgehead atoms. The molecule has 1 saturated heterocycles. The van der Waals surface area contributed by atoms with Crippen LogP contribution in [-0.2, 0) is 9.53 Å². The third-order valence-corrected chi connectivity index (χ3v) is 4.49. The first kappa shape index (κ1) is 14.0. The molecule has 3 heterocycles. The van der Waals surface area contributed by atoms with Crippen molar-refractivity contribution in [1.82, 2.24) is 4.90 Å². The monoisotopic (exact) mass is 312 g/mol. The lowest BCUT2D eigenvalue weighted by molar-refractivity contribution is -0.122. The number of hydrogen-bond donors (Lipinski definition) is 1. The van der Waals surface area contributed by atoms with E-state index in [1.54, 1.807) is 36.5 Å². The number of carbonyl (C=O) groups excluding carboxylic acids is 2. The molecule has 23 heavy (non-hydrogen) atoms. The van der Waals surface area contributed by atoms with Gasteiger partial charge in [-0.2, -0.15) is 0 Å². The lowest BCUT2D eigenvalue weighted by atomic mass is 10.1. The summed E-state index contributed by atoms with van der Waals surface area (Å²) in [7, 11) is 1.57. The standard InChI is InChI=1S/C17H16N2O4/c1-22-14-6-7-19-15(14)16(20)18-12-5-4-10(9-11(12)17(19)21)13-3-2-8-23-13/h2-5,8-9,14-15H,6-7H2,1H3,(H,18,20)/t14-,15+/m1/s1. The van der Waals surface area contributed by atoms with Crippen LogP contribution in [0.3, 0.4) is 0 Å². The van der Waals surface area contributed by atoms with Crippen LogP contribution in [-0.4, -0.2) is 42.5 Å². The summed E-state index contributed by atoms with van der Waals surface area (Å²) in [5, 5.41) is 2.85. The van der Waals surface area contributed by atoms with E-state index >= 15 is 0 Å². The van der Waals surface area contributed by atoms with Crippen LogP contribution in [0.25, 0.3) is 11.3 Å². The molecule has 2 aliphatic heterocycles. The fourth-order valence-corrected chi connectivity index (χ4v) is 3.34. The number of methoxy groups -OCH3 is 1. The second-order valence-electron chi connectivity index (χ2n) is 5.73. The minimum Gasteiger partial charge on any atom is -0.464 e. The van der Waals surface area contributed by atoms with Gasteiger partial charge in [0.1, 0.15) is 11.8 Å². The maximum Gasteiger partial charge on any atom is 0.256 e. The highest BCUT2D eigenvalue weighted by Gasteiger charge is 2.45. The lowest BCUT2D eigenvalue weighted by Gasteiger charge is -2.23. The van der Waals surface area contributed by atoms with Gasteiger partial charge in [0.2, 0.25) is 5.91 Å². The minimum atomic E-state index is -0.577. The van der Waals surface area contributed by atoms with Crippen LogP contribution in [0.4, 0.5) is 5.69 Å². The number of fused-ring (bicyclic) bond motifs is 2. The van der Waals surface area contributed by atoms with E-state index in [2.05, 4.69) is 5.32 Å². The summed E-state index contributed by atoms with van der Waals surface area (Å²) >= 11 is 0. The molecule has 118 valence electrons. The third kappa shape index (κ3) is 2.14. The number of ether oxygens (including phenoxy) is 1. The van der Waals surface area contributed by atoms with E-state index in [0.717, 1.165) is 5.56 Å². The molecule has 0 saturated carbocycles. The van der Waals surface area contributed by atoms with Gasteiger partial charge >= 0.3 is 0 Å². The number of carbonyl (C=O) groups is 2. The van der Waals surface area contributed by atoms with E-state index in [-0.39, 0.29) is 17.9 Å². The fourth-order valence-electron chi connectivity index (χ4n) is 3.34. The van der Waals surface area contributed by atoms with Crippen LogP contribution in [0.5, 0.6) is 0 Å². The number of amides is 2. The molecule has 6 heteroatoms. The van der Waals surface area contributed by atoms with E-state index in [9.17, 15) is 9.59 Å². The summed E-state index contributed by atoms with van der Waals surface area (Å²) in [5.41, 5.74) is 1.81. The van der Waals surface area contributed by atoms with Gasteiger partial charge in [-0.05, 0) is 36.8 Å². The number of benzene rings is 1. The number of nitrogens with one attached hydrogen (secondary N) is 1. The zero-order valence-electron chi connectivity index (χ0n) is 12.6. The highest BCUT2D eigenvalue weighted by Crippen LogP contribution is 2.32. The Morgan fingerprint density at radius 2 is 2.17 bits per heavy atom. The van der Waals surface area contributed by atoms with E-state index in [0.29, 0.717) is 30.0 Å². The van der Waals surface area contributed by atoms with E-state index < -0.39 is 6.04 Å². The van der Waals surface area contributed by atoms with Crippen molar-refractivity contribution in [3.05, 3.63) is 42.2 Å². The van der Waals surface area contributed by atoms with Crippen LogP contribution < -0.4 is 5.32 Å². The van der Waals surface area contributed by atoms with E-state index in [1.165, 1.54) is 0 Å². The van der Waals surface area contributed by atoms with Crippen LogP contribution in [0.15, 0.2) is 41.0 Å². The highest BCUT2D eigenvalue weighted by molar-refractivity contribution is 6.11. The van der Waals surface area contributed by atoms with Crippen LogP contribution in [0.2, 0.25) is 0 Å². The smallest absolute Gasteiger partial charge is 0.256 e. The Hall–Kier alpha value is -2.60. The molecule has 4 rings (SSSR count). The van der Waals surface area contributed by atoms with Gasteiger partial charge in [0.05, 0.1) is 23.6 Å². The molecule has 2 aliphatic rings. The summed E-state index contributed by atoms with van der Waals surface area (Å²) in [4.78, 5) is 27.0. The fraction of sp³-hybridized carbons (Fsp3) is 0.294. The van der Waals surface area contributed by atoms with Gasteiger partial charge in [-0.1, -0.05) is 0 Å². The molecular weight excluding hydrogens is 296 g/mol. The van der Waals surface area contributed by atoms with Gasteiger partial charge in [0.15, 0.2) is 0 Å². The second-order valence-corrected chi connectivity index (χ2v) is 5.73. The summed E-state index contributed by atoms with van der Waals surface area (Å²) in [5.74, 6) is 0.326. The molecule has 2 aromatic rings. The van der Waals surface area contributed by atoms with E-state index in [1.807, 2.05) is 12.1 Å². The van der Waals surface area contributed by atoms with Crippen LogP contribution in [0, 0.1) is 0 Å². The predicted molar refractivity (Wildman–Crippen MR) is 83.0 cm³/mol. The Balaban J connectivity index is 1.78. The van der Waals surface area contributed by atoms with E-state index in [4.69, 9.17) is 9.15 Å². The highest BCUT2D eigenvalue weighted by atomic mass is 16.5. The Kier molecular flexibility index (Phi) is 3.20. The first-order chi connectivity index (χ1) is 11.2. The topological polar surface area (TPSA) is 71.8 Å². The predicted octanol–water partition coefficient (Wildman–Crippen LogP) is 2.13. The summed E-state index contributed by atoms with van der Waals surface area (Å²) < 4.78 is 10.8. The van der Waals surface area contributed by atoms with Crippen molar-refractivity contribution < 1.29 is 18.7 Å². The maximum absolute atomic E-state index is 12.9. The SMILES string of the molecule is CO[C@@H]1CCN2C(=O)c3cc(-c4ccco4)ccc3NC(=O)[C@H]12. The number of nitrogens with zero attached hydrogens (tertiary/aromatic N) is 1. The molecule has 6 nitrogen and oxygen atoms in total. The van der Waals surface area contributed by atoms with Gasteiger partial charge < -0.3 is 19.4 Å². The minimum absolute atomic E-state index is 0.156. The van der Waals surface area contributed by atoms with Crippen molar-refractivity contribution in [2.24, 2.45) is 0 Å². The molecule has 0 radical (unpaired) electrons. The number of furan rings is 1. The first-order valence-electron chi connectivity index (χ1n) is 7.51. The lowest BCUT2D eigenvalue weighted by Crippen LogP contribution is -2.46. The van der Waals surface area contributed by atoms with Crippen molar-refractivity contribution >= 4 is 17.5 Å². The van der Waals surface area contributed by atoms with Crippen LogP contribution in [0.1, 0.15) is 16.8 Å². The zero-order chi connectivity index (χ0) is 16.0. The molecular formula is C17H16N2O4. The van der Waals surface area contributed by atoms with Gasteiger partial charge in [-0.3, -0.25) is 9.59 Å². The Labute approximate surface area is 133 Å². The quantitative estimate of drug-likeness (QED) is 0.922. The largest absolute Gasteiger partial charge is 0.464 e. The molecule has 1 fully saturated rings. The number of anilines is 1. The van der Waals surface area contributed by atoms with Gasteiger partial charge in [0, 0.05) is 19.2 Å². The summed E-state index contributed by atoms with van der Waals surface area (Å²) in [6, 6.07) is 8.39. The van der Waals surface area contributed by atoms with Gasteiger partial charge in [-0.25, -0.2) is 0 Å². The average molecular weight is 312 g/mol. The maximum atomic E-state index is 12.9. The zero-order valence-corrected chi connectivity index (χ0v) is 12.6. The molecule has 2 atom stereocenters. The number of hydrogen-bond acceptors (Lipinski definition) is 4. The molecule has 0 unspecified atom stereocenters. The first-order valence-corrected chi connectivity index (χ1v) is 7.51. The molecule has 1 N–H and O–H groups in total. The normalized spacial score (nSPS) is 23.3. The van der Waals surface area contributed by atoms with Gasteiger partial charge in [-0.15, -0.1) is 0 Å². The van der Waals surface area contributed by atoms with Gasteiger partial charge in [0.25, 0.3) is 5.91 Å². The van der Waals surface area contributed by atoms with Crippen molar-refractivity contribution in [2.75, 3.05) is 19.0 Å². The molecule has 0 aliphatic carbocycles. The summed E-state index contributed by atoms with van der Waals surface area (Å²) in [6.07, 6.45) is 1.98. The Morgan fingerprint density at radius 1 is 1.30 bits per heavy atom. The number of rotatable bonds is 2. The third-order valence-electron chi connectivity index (χ3n) is 4.49. The Morgan fingerprint density at radius 3 is 2.91 bits per heavy atom. The van der Waals surface area contributed by atoms with Crippen LogP contribution >= 0.6 is 0 Å². The summed E-state index contributed by atoms with van der Waals surface area (Å²) in [6.45, 7) is 0.514. The second kappa shape index (κ2) is 5.24. The van der Waals surface area contributed by atoms with Crippen molar-refractivity contribution in [2.45, 2.75) is 18.6 Å². The molecule has 1 aromatic carbocycles. The molecule has 0 spiro atoms.